The Bertz CT molecular complexity index is 1040. The van der Waals surface area contributed by atoms with E-state index in [1.165, 1.54) is 34.3 Å². The number of thioether (sulfide) groups is 1. The fraction of sp³-hybridized carbons (Fsp3) is 0.364. The number of carbonyl (C=O) groups is 2. The summed E-state index contributed by atoms with van der Waals surface area (Å²) in [5, 5.41) is 2.72. The van der Waals surface area contributed by atoms with Gasteiger partial charge in [-0.3, -0.25) is 9.59 Å². The monoisotopic (exact) mass is 496 g/mol. The van der Waals surface area contributed by atoms with Gasteiger partial charge in [-0.25, -0.2) is 8.42 Å². The summed E-state index contributed by atoms with van der Waals surface area (Å²) in [6.45, 7) is 0.477. The maximum absolute atomic E-state index is 12.9. The summed E-state index contributed by atoms with van der Waals surface area (Å²) in [6, 6.07) is 13.9. The normalized spacial score (nSPS) is 14.7. The zero-order valence-electron chi connectivity index (χ0n) is 17.5. The molecular weight excluding hydrogens is 472 g/mol. The molecule has 1 aliphatic heterocycles. The summed E-state index contributed by atoms with van der Waals surface area (Å²) in [4.78, 5) is 25.2. The predicted molar refractivity (Wildman–Crippen MR) is 125 cm³/mol. The number of halogens is 1. The molecule has 1 fully saturated rings. The molecule has 0 saturated carbocycles. The van der Waals surface area contributed by atoms with Crippen molar-refractivity contribution in [3.63, 3.8) is 0 Å². The van der Waals surface area contributed by atoms with Gasteiger partial charge in [-0.05, 0) is 43.2 Å². The van der Waals surface area contributed by atoms with Gasteiger partial charge < -0.3 is 10.1 Å². The Balaban J connectivity index is 1.51. The van der Waals surface area contributed by atoms with E-state index in [2.05, 4.69) is 5.32 Å². The van der Waals surface area contributed by atoms with Crippen LogP contribution < -0.4 is 5.32 Å². The highest BCUT2D eigenvalue weighted by Gasteiger charge is 2.26. The molecule has 0 aliphatic carbocycles. The van der Waals surface area contributed by atoms with Crippen LogP contribution in [0, 0.1) is 0 Å². The molecule has 0 spiro atoms. The number of ether oxygens (including phenoxy) is 1. The lowest BCUT2D eigenvalue weighted by Crippen LogP contribution is -2.35. The molecule has 172 valence electrons. The van der Waals surface area contributed by atoms with Crippen molar-refractivity contribution in [1.29, 1.82) is 0 Å². The number of nitrogens with one attached hydrogen (secondary N) is 1. The second kappa shape index (κ2) is 11.7. The second-order valence-electron chi connectivity index (χ2n) is 7.23. The van der Waals surface area contributed by atoms with Gasteiger partial charge in [0, 0.05) is 23.7 Å². The lowest BCUT2D eigenvalue weighted by molar-refractivity contribution is -0.146. The maximum atomic E-state index is 12.9. The minimum atomic E-state index is -3.66. The van der Waals surface area contributed by atoms with Crippen LogP contribution in [0.5, 0.6) is 0 Å². The predicted octanol–water partition coefficient (Wildman–Crippen LogP) is 4.18. The van der Waals surface area contributed by atoms with Gasteiger partial charge in [-0.1, -0.05) is 36.2 Å². The molecule has 3 rings (SSSR count). The van der Waals surface area contributed by atoms with Gasteiger partial charge in [0.15, 0.2) is 6.61 Å². The van der Waals surface area contributed by atoms with E-state index in [4.69, 9.17) is 16.3 Å². The molecule has 2 aromatic carbocycles. The number of sulfonamides is 1. The standard InChI is InChI=1S/C22H25ClN2O5S2/c23-19-10-9-18(32(28,29)25-12-5-2-6-13-25)15-20(19)24-21(26)16-30-22(27)11-14-31-17-7-3-1-4-8-17/h1,3-4,7-10,15H,2,5-6,11-14,16H2,(H,24,26). The number of piperidine rings is 1. The smallest absolute Gasteiger partial charge is 0.307 e. The molecule has 0 aromatic heterocycles. The lowest BCUT2D eigenvalue weighted by atomic mass is 10.2. The topological polar surface area (TPSA) is 92.8 Å². The van der Waals surface area contributed by atoms with Crippen molar-refractivity contribution >= 4 is 50.9 Å². The quantitative estimate of drug-likeness (QED) is 0.413. The summed E-state index contributed by atoms with van der Waals surface area (Å²) < 4.78 is 32.2. The van der Waals surface area contributed by atoms with E-state index in [-0.39, 0.29) is 22.0 Å². The van der Waals surface area contributed by atoms with Crippen molar-refractivity contribution in [2.75, 3.05) is 30.8 Å². The van der Waals surface area contributed by atoms with E-state index in [1.807, 2.05) is 30.3 Å². The van der Waals surface area contributed by atoms with Crippen molar-refractivity contribution in [1.82, 2.24) is 4.31 Å². The van der Waals surface area contributed by atoms with Crippen LogP contribution in [-0.2, 0) is 24.3 Å². The molecule has 2 aromatic rings. The van der Waals surface area contributed by atoms with E-state index in [0.717, 1.165) is 24.2 Å². The average Bonchev–Trinajstić information content (AvgIpc) is 2.80. The molecule has 1 saturated heterocycles. The Morgan fingerprint density at radius 3 is 2.50 bits per heavy atom. The van der Waals surface area contributed by atoms with E-state index in [1.54, 1.807) is 0 Å². The average molecular weight is 497 g/mol. The molecule has 7 nitrogen and oxygen atoms in total. The first kappa shape index (κ1) is 24.6. The second-order valence-corrected chi connectivity index (χ2v) is 10.7. The summed E-state index contributed by atoms with van der Waals surface area (Å²) in [5.74, 6) is -0.549. The van der Waals surface area contributed by atoms with Crippen LogP contribution in [-0.4, -0.2) is 50.0 Å². The van der Waals surface area contributed by atoms with Crippen LogP contribution in [0.25, 0.3) is 0 Å². The molecular formula is C22H25ClN2O5S2. The number of hydrogen-bond acceptors (Lipinski definition) is 6. The number of esters is 1. The lowest BCUT2D eigenvalue weighted by Gasteiger charge is -2.26. The van der Waals surface area contributed by atoms with Crippen LogP contribution in [0.1, 0.15) is 25.7 Å². The van der Waals surface area contributed by atoms with Gasteiger partial charge >= 0.3 is 5.97 Å². The minimum absolute atomic E-state index is 0.0639. The molecule has 0 atom stereocenters. The highest BCUT2D eigenvalue weighted by molar-refractivity contribution is 7.99. The van der Waals surface area contributed by atoms with Gasteiger partial charge in [0.25, 0.3) is 5.91 Å². The van der Waals surface area contributed by atoms with Crippen molar-refractivity contribution in [3.05, 3.63) is 53.6 Å². The van der Waals surface area contributed by atoms with E-state index in [9.17, 15) is 18.0 Å². The van der Waals surface area contributed by atoms with Crippen molar-refractivity contribution < 1.29 is 22.7 Å². The van der Waals surface area contributed by atoms with Crippen LogP contribution in [0.3, 0.4) is 0 Å². The van der Waals surface area contributed by atoms with Crippen molar-refractivity contribution in [3.8, 4) is 0 Å². The summed E-state index contributed by atoms with van der Waals surface area (Å²) in [7, 11) is -3.66. The molecule has 1 N–H and O–H groups in total. The number of hydrogen-bond donors (Lipinski definition) is 1. The fourth-order valence-corrected chi connectivity index (χ4v) is 5.75. The molecule has 0 bridgehead atoms. The Hall–Kier alpha value is -2.07. The SMILES string of the molecule is O=C(COC(=O)CCSc1ccccc1)Nc1cc(S(=O)(=O)N2CCCCC2)ccc1Cl. The first-order valence-electron chi connectivity index (χ1n) is 10.3. The van der Waals surface area contributed by atoms with Gasteiger partial charge in [0.05, 0.1) is 22.0 Å². The van der Waals surface area contributed by atoms with Crippen LogP contribution >= 0.6 is 23.4 Å². The third-order valence-electron chi connectivity index (χ3n) is 4.85. The molecule has 1 amide bonds. The van der Waals surface area contributed by atoms with Gasteiger partial charge in [0.1, 0.15) is 0 Å². The molecule has 1 aliphatic rings. The highest BCUT2D eigenvalue weighted by Crippen LogP contribution is 2.28. The fourth-order valence-electron chi connectivity index (χ4n) is 3.19. The first-order chi connectivity index (χ1) is 15.4. The highest BCUT2D eigenvalue weighted by atomic mass is 35.5. The summed E-state index contributed by atoms with van der Waals surface area (Å²) in [6.07, 6.45) is 2.83. The Morgan fingerprint density at radius 1 is 1.06 bits per heavy atom. The Kier molecular flexibility index (Phi) is 8.98. The maximum Gasteiger partial charge on any atom is 0.307 e. The number of carbonyl (C=O) groups excluding carboxylic acids is 2. The number of anilines is 1. The zero-order valence-corrected chi connectivity index (χ0v) is 19.8. The Labute approximate surface area is 197 Å². The molecule has 10 heteroatoms. The molecule has 32 heavy (non-hydrogen) atoms. The third kappa shape index (κ3) is 6.96. The number of amides is 1. The van der Waals surface area contributed by atoms with Crippen molar-refractivity contribution in [2.24, 2.45) is 0 Å². The van der Waals surface area contributed by atoms with Gasteiger partial charge in [-0.15, -0.1) is 11.8 Å². The first-order valence-corrected chi connectivity index (χ1v) is 13.1. The molecule has 1 heterocycles. The van der Waals surface area contributed by atoms with Crippen LogP contribution in [0.4, 0.5) is 5.69 Å². The van der Waals surface area contributed by atoms with E-state index < -0.39 is 28.5 Å². The molecule has 0 radical (unpaired) electrons. The van der Waals surface area contributed by atoms with Gasteiger partial charge in [-0.2, -0.15) is 4.31 Å². The van der Waals surface area contributed by atoms with E-state index in [0.29, 0.717) is 18.8 Å². The minimum Gasteiger partial charge on any atom is -0.456 e. The number of nitrogens with zero attached hydrogens (tertiary/aromatic N) is 1. The van der Waals surface area contributed by atoms with Gasteiger partial charge in [0.2, 0.25) is 10.0 Å². The Morgan fingerprint density at radius 2 is 1.78 bits per heavy atom. The third-order valence-corrected chi connectivity index (χ3v) is 8.09. The zero-order chi connectivity index (χ0) is 23.0. The summed E-state index contributed by atoms with van der Waals surface area (Å²) in [5.41, 5.74) is 0.158. The summed E-state index contributed by atoms with van der Waals surface area (Å²) >= 11 is 7.66. The largest absolute Gasteiger partial charge is 0.456 e. The van der Waals surface area contributed by atoms with Crippen LogP contribution in [0.2, 0.25) is 5.02 Å². The number of rotatable bonds is 9. The van der Waals surface area contributed by atoms with Crippen molar-refractivity contribution in [2.45, 2.75) is 35.5 Å². The van der Waals surface area contributed by atoms with E-state index >= 15 is 0 Å². The molecule has 0 unspecified atom stereocenters. The number of benzene rings is 2. The van der Waals surface area contributed by atoms with Crippen LogP contribution in [0.15, 0.2) is 58.3 Å².